The van der Waals surface area contributed by atoms with Crippen LogP contribution in [0.4, 0.5) is 0 Å². The van der Waals surface area contributed by atoms with E-state index in [0.29, 0.717) is 12.6 Å². The number of nitrogens with zero attached hydrogens (tertiary/aromatic N) is 1. The monoisotopic (exact) mass is 255 g/mol. The lowest BCUT2D eigenvalue weighted by molar-refractivity contribution is 0.150. The summed E-state index contributed by atoms with van der Waals surface area (Å²) in [4.78, 5) is 2.71. The highest BCUT2D eigenvalue weighted by Gasteiger charge is 2.35. The molecule has 0 bridgehead atoms. The summed E-state index contributed by atoms with van der Waals surface area (Å²) in [6.07, 6.45) is 12.0. The molecule has 1 aromatic carbocycles. The summed E-state index contributed by atoms with van der Waals surface area (Å²) in [6.45, 7) is 1.61. The van der Waals surface area contributed by atoms with Crippen LogP contribution in [-0.2, 0) is 0 Å². The molecule has 0 N–H and O–H groups in total. The number of hydrogen-bond donors (Lipinski definition) is 0. The first-order valence-corrected chi connectivity index (χ1v) is 7.30. The minimum Gasteiger partial charge on any atom is -0.481 e. The third-order valence-corrected chi connectivity index (χ3v) is 4.43. The smallest absolute Gasteiger partial charge is 0.148 e. The molecule has 100 valence electrons. The van der Waals surface area contributed by atoms with Crippen LogP contribution in [0.5, 0.6) is 5.75 Å². The second-order valence-electron chi connectivity index (χ2n) is 5.54. The van der Waals surface area contributed by atoms with Crippen LogP contribution in [0.2, 0.25) is 0 Å². The van der Waals surface area contributed by atoms with Crippen LogP contribution in [-0.4, -0.2) is 24.1 Å². The summed E-state index contributed by atoms with van der Waals surface area (Å²) < 4.78 is 5.43. The molecule has 2 heterocycles. The van der Waals surface area contributed by atoms with E-state index in [1.165, 1.54) is 44.2 Å². The summed E-state index contributed by atoms with van der Waals surface area (Å²) in [5, 5.41) is 0. The molecule has 2 atom stereocenters. The van der Waals surface area contributed by atoms with E-state index in [-0.39, 0.29) is 0 Å². The fraction of sp³-hybridized carbons (Fsp3) is 0.529. The summed E-state index contributed by atoms with van der Waals surface area (Å²) >= 11 is 0. The number of hydrogen-bond acceptors (Lipinski definition) is 2. The first-order chi connectivity index (χ1) is 9.38. The molecule has 2 nitrogen and oxygen atoms in total. The van der Waals surface area contributed by atoms with Gasteiger partial charge in [0.2, 0.25) is 0 Å². The molecule has 1 aromatic rings. The summed E-state index contributed by atoms with van der Waals surface area (Å²) in [5.74, 6) is 3.36. The number of benzene rings is 1. The van der Waals surface area contributed by atoms with Gasteiger partial charge in [0.05, 0.1) is 0 Å². The number of ether oxygens (including phenoxy) is 1. The minimum atomic E-state index is 0.344. The molecule has 0 aromatic heterocycles. The Balaban J connectivity index is 1.70. The second kappa shape index (κ2) is 5.67. The number of rotatable bonds is 3. The van der Waals surface area contributed by atoms with Gasteiger partial charge in [0, 0.05) is 12.1 Å². The van der Waals surface area contributed by atoms with Crippen LogP contribution < -0.4 is 4.74 Å². The van der Waals surface area contributed by atoms with Gasteiger partial charge < -0.3 is 4.74 Å². The molecule has 2 heteroatoms. The topological polar surface area (TPSA) is 12.5 Å². The average molecular weight is 255 g/mol. The standard InChI is InChI=1S/C17H21NO/c1-2-13-19-16-9-6-14(7-10-16)17-11-8-15-5-3-4-12-18(15)17/h1,6-7,9-10,15,17H,3-5,8,11-13H2/t15-,17-/m0/s1. The van der Waals surface area contributed by atoms with E-state index in [4.69, 9.17) is 11.2 Å². The molecule has 0 spiro atoms. The molecular weight excluding hydrogens is 234 g/mol. The van der Waals surface area contributed by atoms with Crippen molar-refractivity contribution >= 4 is 0 Å². The fourth-order valence-corrected chi connectivity index (χ4v) is 3.53. The molecule has 0 amide bonds. The average Bonchev–Trinajstić information content (AvgIpc) is 2.90. The fourth-order valence-electron chi connectivity index (χ4n) is 3.53. The first kappa shape index (κ1) is 12.6. The lowest BCUT2D eigenvalue weighted by atomic mass is 10.0. The van der Waals surface area contributed by atoms with Crippen LogP contribution in [0.15, 0.2) is 24.3 Å². The van der Waals surface area contributed by atoms with Gasteiger partial charge in [-0.1, -0.05) is 24.5 Å². The molecule has 2 fully saturated rings. The van der Waals surface area contributed by atoms with Crippen LogP contribution >= 0.6 is 0 Å². The van der Waals surface area contributed by atoms with Crippen molar-refractivity contribution in [3.63, 3.8) is 0 Å². The lowest BCUT2D eigenvalue weighted by Crippen LogP contribution is -2.35. The summed E-state index contributed by atoms with van der Waals surface area (Å²) in [6, 6.07) is 9.94. The van der Waals surface area contributed by atoms with Crippen LogP contribution in [0.3, 0.4) is 0 Å². The van der Waals surface area contributed by atoms with Crippen molar-refractivity contribution in [1.29, 1.82) is 0 Å². The molecule has 0 saturated carbocycles. The van der Waals surface area contributed by atoms with E-state index >= 15 is 0 Å². The Morgan fingerprint density at radius 2 is 2.00 bits per heavy atom. The normalized spacial score (nSPS) is 26.7. The second-order valence-corrected chi connectivity index (χ2v) is 5.54. The van der Waals surface area contributed by atoms with Crippen molar-refractivity contribution in [3.05, 3.63) is 29.8 Å². The number of piperidine rings is 1. The molecule has 0 unspecified atom stereocenters. The minimum absolute atomic E-state index is 0.344. The molecule has 0 radical (unpaired) electrons. The molecule has 3 rings (SSSR count). The van der Waals surface area contributed by atoms with Gasteiger partial charge in [0.1, 0.15) is 12.4 Å². The summed E-state index contributed by atoms with van der Waals surface area (Å²) in [5.41, 5.74) is 1.43. The van der Waals surface area contributed by atoms with Gasteiger partial charge in [-0.25, -0.2) is 0 Å². The van der Waals surface area contributed by atoms with Crippen molar-refractivity contribution in [2.45, 2.75) is 44.2 Å². The molecule has 19 heavy (non-hydrogen) atoms. The Kier molecular flexibility index (Phi) is 3.75. The quantitative estimate of drug-likeness (QED) is 0.768. The maximum atomic E-state index is 5.43. The van der Waals surface area contributed by atoms with Crippen LogP contribution in [0.25, 0.3) is 0 Å². The number of terminal acetylenes is 1. The maximum absolute atomic E-state index is 5.43. The zero-order chi connectivity index (χ0) is 13.1. The molecule has 2 aliphatic heterocycles. The highest BCUT2D eigenvalue weighted by molar-refractivity contribution is 5.30. The third kappa shape index (κ3) is 2.62. The van der Waals surface area contributed by atoms with Gasteiger partial charge in [-0.15, -0.1) is 6.42 Å². The van der Waals surface area contributed by atoms with Gasteiger partial charge in [-0.05, 0) is 49.9 Å². The number of fused-ring (bicyclic) bond motifs is 1. The predicted molar refractivity (Wildman–Crippen MR) is 77.1 cm³/mol. The summed E-state index contributed by atoms with van der Waals surface area (Å²) in [7, 11) is 0. The van der Waals surface area contributed by atoms with Crippen molar-refractivity contribution < 1.29 is 4.74 Å². The Labute approximate surface area is 115 Å². The Morgan fingerprint density at radius 3 is 2.79 bits per heavy atom. The predicted octanol–water partition coefficient (Wildman–Crippen LogP) is 3.39. The lowest BCUT2D eigenvalue weighted by Gasteiger charge is -2.34. The van der Waals surface area contributed by atoms with Crippen LogP contribution in [0, 0.1) is 12.3 Å². The Morgan fingerprint density at radius 1 is 1.16 bits per heavy atom. The van der Waals surface area contributed by atoms with E-state index in [9.17, 15) is 0 Å². The van der Waals surface area contributed by atoms with Crippen molar-refractivity contribution in [2.24, 2.45) is 0 Å². The van der Waals surface area contributed by atoms with Gasteiger partial charge in [-0.2, -0.15) is 0 Å². The van der Waals surface area contributed by atoms with E-state index in [1.807, 2.05) is 12.1 Å². The van der Waals surface area contributed by atoms with E-state index in [1.54, 1.807) is 0 Å². The maximum Gasteiger partial charge on any atom is 0.148 e. The van der Waals surface area contributed by atoms with Crippen molar-refractivity contribution in [3.8, 4) is 18.1 Å². The third-order valence-electron chi connectivity index (χ3n) is 4.43. The van der Waals surface area contributed by atoms with Gasteiger partial charge in [0.25, 0.3) is 0 Å². The molecule has 2 aliphatic rings. The van der Waals surface area contributed by atoms with Crippen molar-refractivity contribution in [2.75, 3.05) is 13.2 Å². The SMILES string of the molecule is C#CCOc1ccc([C@@H]2CC[C@@H]3CCCCN32)cc1. The van der Waals surface area contributed by atoms with Gasteiger partial charge in [-0.3, -0.25) is 4.90 Å². The van der Waals surface area contributed by atoms with E-state index in [0.717, 1.165) is 11.8 Å². The highest BCUT2D eigenvalue weighted by Crippen LogP contribution is 2.40. The Bertz CT molecular complexity index is 459. The Hall–Kier alpha value is -1.46. The molecule has 0 aliphatic carbocycles. The van der Waals surface area contributed by atoms with E-state index < -0.39 is 0 Å². The highest BCUT2D eigenvalue weighted by atomic mass is 16.5. The van der Waals surface area contributed by atoms with Gasteiger partial charge in [0.15, 0.2) is 0 Å². The zero-order valence-corrected chi connectivity index (χ0v) is 11.3. The van der Waals surface area contributed by atoms with Gasteiger partial charge >= 0.3 is 0 Å². The van der Waals surface area contributed by atoms with Crippen molar-refractivity contribution in [1.82, 2.24) is 4.90 Å². The largest absolute Gasteiger partial charge is 0.481 e. The van der Waals surface area contributed by atoms with E-state index in [2.05, 4.69) is 23.0 Å². The van der Waals surface area contributed by atoms with Crippen LogP contribution in [0.1, 0.15) is 43.7 Å². The zero-order valence-electron chi connectivity index (χ0n) is 11.3. The molecular formula is C17H21NO. The first-order valence-electron chi connectivity index (χ1n) is 7.30. The molecule has 2 saturated heterocycles.